The van der Waals surface area contributed by atoms with Crippen LogP contribution < -0.4 is 0 Å². The van der Waals surface area contributed by atoms with Gasteiger partial charge in [-0.25, -0.2) is 0 Å². The minimum atomic E-state index is -0.158. The Balaban J connectivity index is 2.27. The Morgan fingerprint density at radius 2 is 1.89 bits per heavy atom. The van der Waals surface area contributed by atoms with E-state index >= 15 is 0 Å². The number of benzene rings is 1. The second-order valence-corrected chi connectivity index (χ2v) is 5.28. The standard InChI is InChI=1S/C15H20N2O2/c1-11(2)14-16(3)13(18)9-10-17(14)15(19)12-7-5-4-6-8-12/h4-8,11,14H,9-10H2,1-3H3. The molecule has 0 spiro atoms. The lowest BCUT2D eigenvalue weighted by Crippen LogP contribution is -2.58. The molecule has 2 rings (SSSR count). The Morgan fingerprint density at radius 3 is 2.47 bits per heavy atom. The zero-order valence-electron chi connectivity index (χ0n) is 11.7. The number of carbonyl (C=O) groups excluding carboxylic acids is 2. The van der Waals surface area contributed by atoms with Crippen molar-refractivity contribution in [3.8, 4) is 0 Å². The van der Waals surface area contributed by atoms with Crippen LogP contribution in [0.3, 0.4) is 0 Å². The third kappa shape index (κ3) is 2.62. The molecule has 1 atom stereocenters. The van der Waals surface area contributed by atoms with Crippen LogP contribution in [0.15, 0.2) is 30.3 Å². The Labute approximate surface area is 114 Å². The normalized spacial score (nSPS) is 20.0. The van der Waals surface area contributed by atoms with Gasteiger partial charge >= 0.3 is 0 Å². The zero-order valence-corrected chi connectivity index (χ0v) is 11.7. The first-order chi connectivity index (χ1) is 9.02. The highest BCUT2D eigenvalue weighted by atomic mass is 16.2. The van der Waals surface area contributed by atoms with Gasteiger partial charge in [0.15, 0.2) is 0 Å². The summed E-state index contributed by atoms with van der Waals surface area (Å²) in [5, 5.41) is 0. The molecule has 0 bridgehead atoms. The molecule has 1 aliphatic rings. The first-order valence-electron chi connectivity index (χ1n) is 6.64. The van der Waals surface area contributed by atoms with Crippen LogP contribution in [0.4, 0.5) is 0 Å². The average Bonchev–Trinajstić information content (AvgIpc) is 2.41. The maximum absolute atomic E-state index is 12.6. The molecule has 1 aromatic carbocycles. The number of hydrogen-bond donors (Lipinski definition) is 0. The third-order valence-corrected chi connectivity index (χ3v) is 3.55. The summed E-state index contributed by atoms with van der Waals surface area (Å²) >= 11 is 0. The van der Waals surface area contributed by atoms with E-state index in [1.165, 1.54) is 0 Å². The molecular weight excluding hydrogens is 240 g/mol. The summed E-state index contributed by atoms with van der Waals surface area (Å²) in [7, 11) is 1.78. The quantitative estimate of drug-likeness (QED) is 0.815. The molecule has 1 fully saturated rings. The van der Waals surface area contributed by atoms with Gasteiger partial charge in [-0.15, -0.1) is 0 Å². The monoisotopic (exact) mass is 260 g/mol. The van der Waals surface area contributed by atoms with Gasteiger partial charge < -0.3 is 9.80 Å². The molecule has 1 heterocycles. The van der Waals surface area contributed by atoms with E-state index in [0.29, 0.717) is 18.5 Å². The lowest BCUT2D eigenvalue weighted by Gasteiger charge is -2.44. The summed E-state index contributed by atoms with van der Waals surface area (Å²) in [6, 6.07) is 9.24. The number of nitrogens with zero attached hydrogens (tertiary/aromatic N) is 2. The van der Waals surface area contributed by atoms with E-state index in [1.54, 1.807) is 16.8 Å². The van der Waals surface area contributed by atoms with Crippen LogP contribution in [-0.2, 0) is 4.79 Å². The Morgan fingerprint density at radius 1 is 1.26 bits per heavy atom. The summed E-state index contributed by atoms with van der Waals surface area (Å²) in [5.74, 6) is 0.316. The first-order valence-corrected chi connectivity index (χ1v) is 6.64. The summed E-state index contributed by atoms with van der Waals surface area (Å²) in [6.07, 6.45) is 0.243. The topological polar surface area (TPSA) is 40.6 Å². The van der Waals surface area contributed by atoms with Gasteiger partial charge in [-0.2, -0.15) is 0 Å². The molecule has 0 radical (unpaired) electrons. The highest BCUT2D eigenvalue weighted by Gasteiger charge is 2.36. The predicted octanol–water partition coefficient (Wildman–Crippen LogP) is 1.97. The Kier molecular flexibility index (Phi) is 3.88. The van der Waals surface area contributed by atoms with Crippen molar-refractivity contribution in [2.75, 3.05) is 13.6 Å². The molecule has 1 unspecified atom stereocenters. The van der Waals surface area contributed by atoms with Gasteiger partial charge in [0.1, 0.15) is 6.17 Å². The molecule has 19 heavy (non-hydrogen) atoms. The molecule has 0 aromatic heterocycles. The van der Waals surface area contributed by atoms with Gasteiger partial charge in [0.05, 0.1) is 0 Å². The molecule has 1 saturated heterocycles. The van der Waals surface area contributed by atoms with E-state index < -0.39 is 0 Å². The summed E-state index contributed by atoms with van der Waals surface area (Å²) in [4.78, 5) is 27.9. The van der Waals surface area contributed by atoms with Crippen molar-refractivity contribution in [2.45, 2.75) is 26.4 Å². The van der Waals surface area contributed by atoms with Crippen molar-refractivity contribution >= 4 is 11.8 Å². The Hall–Kier alpha value is -1.84. The van der Waals surface area contributed by atoms with Crippen LogP contribution in [0.25, 0.3) is 0 Å². The van der Waals surface area contributed by atoms with E-state index in [9.17, 15) is 9.59 Å². The molecule has 1 aliphatic heterocycles. The Bertz CT molecular complexity index is 470. The van der Waals surface area contributed by atoms with E-state index in [0.717, 1.165) is 0 Å². The van der Waals surface area contributed by atoms with Crippen LogP contribution in [0, 0.1) is 5.92 Å². The van der Waals surface area contributed by atoms with Crippen LogP contribution in [0.5, 0.6) is 0 Å². The first kappa shape index (κ1) is 13.6. The van der Waals surface area contributed by atoms with Crippen molar-refractivity contribution in [1.29, 1.82) is 0 Å². The minimum absolute atomic E-state index is 0.00125. The molecular formula is C15H20N2O2. The largest absolute Gasteiger partial charge is 0.325 e. The van der Waals surface area contributed by atoms with Gasteiger partial charge in [0.25, 0.3) is 5.91 Å². The van der Waals surface area contributed by atoms with Gasteiger partial charge in [0, 0.05) is 25.6 Å². The molecule has 2 amide bonds. The maximum Gasteiger partial charge on any atom is 0.255 e. The SMILES string of the molecule is CC(C)C1N(C)C(=O)CCN1C(=O)c1ccccc1. The zero-order chi connectivity index (χ0) is 14.0. The molecule has 0 aliphatic carbocycles. The highest BCUT2D eigenvalue weighted by Crippen LogP contribution is 2.22. The second kappa shape index (κ2) is 5.43. The van der Waals surface area contributed by atoms with E-state index in [-0.39, 0.29) is 23.9 Å². The average molecular weight is 260 g/mol. The molecule has 1 aromatic rings. The summed E-state index contributed by atoms with van der Waals surface area (Å²) < 4.78 is 0. The molecule has 0 N–H and O–H groups in total. The van der Waals surface area contributed by atoms with Crippen molar-refractivity contribution in [3.05, 3.63) is 35.9 Å². The second-order valence-electron chi connectivity index (χ2n) is 5.28. The fourth-order valence-corrected chi connectivity index (χ4v) is 2.66. The van der Waals surface area contributed by atoms with Gasteiger partial charge in [-0.05, 0) is 18.1 Å². The van der Waals surface area contributed by atoms with E-state index in [4.69, 9.17) is 0 Å². The summed E-state index contributed by atoms with van der Waals surface area (Å²) in [6.45, 7) is 4.57. The van der Waals surface area contributed by atoms with Gasteiger partial charge in [-0.1, -0.05) is 32.0 Å². The fourth-order valence-electron chi connectivity index (χ4n) is 2.66. The van der Waals surface area contributed by atoms with Crippen molar-refractivity contribution in [1.82, 2.24) is 9.80 Å². The van der Waals surface area contributed by atoms with Crippen molar-refractivity contribution < 1.29 is 9.59 Å². The van der Waals surface area contributed by atoms with Crippen LogP contribution in [-0.4, -0.2) is 41.4 Å². The number of rotatable bonds is 2. The highest BCUT2D eigenvalue weighted by molar-refractivity contribution is 5.95. The predicted molar refractivity (Wildman–Crippen MR) is 73.5 cm³/mol. The molecule has 4 nitrogen and oxygen atoms in total. The maximum atomic E-state index is 12.6. The van der Waals surface area contributed by atoms with Crippen LogP contribution in [0.2, 0.25) is 0 Å². The lowest BCUT2D eigenvalue weighted by atomic mass is 10.0. The molecule has 0 saturated carbocycles. The lowest BCUT2D eigenvalue weighted by molar-refractivity contribution is -0.141. The van der Waals surface area contributed by atoms with Gasteiger partial charge in [-0.3, -0.25) is 9.59 Å². The molecule has 102 valence electrons. The summed E-state index contributed by atoms with van der Waals surface area (Å²) in [5.41, 5.74) is 0.677. The van der Waals surface area contributed by atoms with Crippen LogP contribution in [0.1, 0.15) is 30.6 Å². The van der Waals surface area contributed by atoms with E-state index in [1.807, 2.05) is 44.2 Å². The number of hydrogen-bond acceptors (Lipinski definition) is 2. The van der Waals surface area contributed by atoms with Crippen molar-refractivity contribution in [3.63, 3.8) is 0 Å². The molecule has 4 heteroatoms. The van der Waals surface area contributed by atoms with Crippen LogP contribution >= 0.6 is 0 Å². The minimum Gasteiger partial charge on any atom is -0.325 e. The van der Waals surface area contributed by atoms with Crippen molar-refractivity contribution in [2.24, 2.45) is 5.92 Å². The van der Waals surface area contributed by atoms with E-state index in [2.05, 4.69) is 0 Å². The fraction of sp³-hybridized carbons (Fsp3) is 0.467. The number of carbonyl (C=O) groups is 2. The smallest absolute Gasteiger partial charge is 0.255 e. The van der Waals surface area contributed by atoms with Gasteiger partial charge in [0.2, 0.25) is 5.91 Å². The third-order valence-electron chi connectivity index (χ3n) is 3.55. The number of amides is 2.